The van der Waals surface area contributed by atoms with Crippen LogP contribution in [0.15, 0.2) is 33.7 Å². The van der Waals surface area contributed by atoms with Gasteiger partial charge < -0.3 is 15.0 Å². The van der Waals surface area contributed by atoms with Gasteiger partial charge in [0.1, 0.15) is 0 Å². The number of hydrogen-bond donors (Lipinski definition) is 1. The van der Waals surface area contributed by atoms with Gasteiger partial charge in [-0.25, -0.2) is 0 Å². The number of morpholine rings is 1. The molecule has 3 aliphatic rings. The van der Waals surface area contributed by atoms with Crippen LogP contribution in [-0.4, -0.2) is 74.8 Å². The van der Waals surface area contributed by atoms with Gasteiger partial charge in [0.2, 0.25) is 0 Å². The van der Waals surface area contributed by atoms with Gasteiger partial charge in [-0.3, -0.25) is 9.89 Å². The van der Waals surface area contributed by atoms with Crippen LogP contribution in [0.3, 0.4) is 0 Å². The summed E-state index contributed by atoms with van der Waals surface area (Å²) in [5, 5.41) is 3.55. The fourth-order valence-corrected chi connectivity index (χ4v) is 5.24. The van der Waals surface area contributed by atoms with E-state index < -0.39 is 0 Å². The molecule has 0 spiro atoms. The van der Waals surface area contributed by atoms with Gasteiger partial charge in [-0.2, -0.15) is 0 Å². The highest BCUT2D eigenvalue weighted by atomic mass is 127. The molecule has 1 aromatic carbocycles. The maximum Gasteiger partial charge on any atom is 0.193 e. The summed E-state index contributed by atoms with van der Waals surface area (Å²) in [6, 6.07) is 8.65. The molecule has 29 heavy (non-hydrogen) atoms. The van der Waals surface area contributed by atoms with Crippen molar-refractivity contribution in [3.63, 3.8) is 0 Å². The lowest BCUT2D eigenvalue weighted by atomic mass is 9.96. The molecule has 2 heterocycles. The standard InChI is InChI=1S/C22H33BrN4O.HI/c1-2-24-21(25-17-22(8-9-22)19-5-3-4-6-20(19)23)27-10-7-18(16-27)15-26-11-13-28-14-12-26;/h3-6,18H,2,7-17H2,1H3,(H,24,25);1H. The molecule has 1 atom stereocenters. The SMILES string of the molecule is CCNC(=NCC1(c2ccccc2Br)CC1)N1CCC(CN2CCOCC2)C1.I. The molecule has 162 valence electrons. The van der Waals surface area contributed by atoms with E-state index in [1.807, 2.05) is 0 Å². The van der Waals surface area contributed by atoms with Crippen LogP contribution >= 0.6 is 39.9 Å². The van der Waals surface area contributed by atoms with Crippen molar-refractivity contribution in [3.05, 3.63) is 34.3 Å². The molecule has 1 aliphatic carbocycles. The number of ether oxygens (including phenoxy) is 1. The van der Waals surface area contributed by atoms with Gasteiger partial charge in [0, 0.05) is 49.2 Å². The van der Waals surface area contributed by atoms with E-state index in [0.717, 1.165) is 64.4 Å². The maximum absolute atomic E-state index is 5.49. The molecular formula is C22H34BrIN4O. The second-order valence-electron chi connectivity index (χ2n) is 8.44. The molecule has 2 saturated heterocycles. The van der Waals surface area contributed by atoms with Crippen molar-refractivity contribution in [1.82, 2.24) is 15.1 Å². The van der Waals surface area contributed by atoms with E-state index >= 15 is 0 Å². The third-order valence-corrected chi connectivity index (χ3v) is 7.06. The quantitative estimate of drug-likeness (QED) is 0.318. The maximum atomic E-state index is 5.49. The Hall–Kier alpha value is -0.380. The van der Waals surface area contributed by atoms with Crippen LogP contribution in [0.2, 0.25) is 0 Å². The highest BCUT2D eigenvalue weighted by molar-refractivity contribution is 14.0. The van der Waals surface area contributed by atoms with Crippen LogP contribution in [0.4, 0.5) is 0 Å². The first-order valence-electron chi connectivity index (χ1n) is 10.8. The molecule has 0 bridgehead atoms. The number of guanidine groups is 1. The van der Waals surface area contributed by atoms with Crippen LogP contribution in [0.1, 0.15) is 31.7 Å². The zero-order valence-electron chi connectivity index (χ0n) is 17.4. The summed E-state index contributed by atoms with van der Waals surface area (Å²) >= 11 is 3.74. The van der Waals surface area contributed by atoms with Gasteiger partial charge in [0.05, 0.1) is 19.8 Å². The van der Waals surface area contributed by atoms with E-state index in [2.05, 4.69) is 62.2 Å². The first kappa shape index (κ1) is 23.3. The van der Waals surface area contributed by atoms with Crippen molar-refractivity contribution in [2.24, 2.45) is 10.9 Å². The van der Waals surface area contributed by atoms with E-state index in [1.54, 1.807) is 0 Å². The number of benzene rings is 1. The first-order chi connectivity index (χ1) is 13.7. The predicted molar refractivity (Wildman–Crippen MR) is 133 cm³/mol. The molecule has 2 aliphatic heterocycles. The van der Waals surface area contributed by atoms with E-state index in [0.29, 0.717) is 0 Å². The van der Waals surface area contributed by atoms with Crippen molar-refractivity contribution in [2.75, 3.05) is 59.0 Å². The van der Waals surface area contributed by atoms with Crippen LogP contribution in [0, 0.1) is 5.92 Å². The largest absolute Gasteiger partial charge is 0.379 e. The van der Waals surface area contributed by atoms with Crippen molar-refractivity contribution in [2.45, 2.75) is 31.6 Å². The summed E-state index contributed by atoms with van der Waals surface area (Å²) in [5.41, 5.74) is 1.65. The Morgan fingerprint density at radius 3 is 2.69 bits per heavy atom. The van der Waals surface area contributed by atoms with Crippen molar-refractivity contribution in [3.8, 4) is 0 Å². The average molecular weight is 577 g/mol. The minimum absolute atomic E-state index is 0. The second-order valence-corrected chi connectivity index (χ2v) is 9.30. The zero-order chi connectivity index (χ0) is 19.4. The summed E-state index contributed by atoms with van der Waals surface area (Å²) in [6.45, 7) is 11.3. The Balaban J connectivity index is 0.00000240. The third kappa shape index (κ3) is 5.86. The highest BCUT2D eigenvalue weighted by Gasteiger charge is 2.45. The number of aliphatic imine (C=N–C) groups is 1. The summed E-state index contributed by atoms with van der Waals surface area (Å²) < 4.78 is 6.71. The molecular weight excluding hydrogens is 543 g/mol. The minimum atomic E-state index is 0. The fraction of sp³-hybridized carbons (Fsp3) is 0.682. The number of nitrogens with zero attached hydrogens (tertiary/aromatic N) is 3. The summed E-state index contributed by atoms with van der Waals surface area (Å²) in [7, 11) is 0. The Bertz CT molecular complexity index is 691. The highest BCUT2D eigenvalue weighted by Crippen LogP contribution is 2.50. The molecule has 1 N–H and O–H groups in total. The smallest absolute Gasteiger partial charge is 0.193 e. The molecule has 1 aromatic rings. The molecule has 5 nitrogen and oxygen atoms in total. The Kier molecular flexibility index (Phi) is 8.65. The third-order valence-electron chi connectivity index (χ3n) is 6.37. The predicted octanol–water partition coefficient (Wildman–Crippen LogP) is 3.72. The molecule has 4 rings (SSSR count). The Morgan fingerprint density at radius 2 is 2.00 bits per heavy atom. The van der Waals surface area contributed by atoms with Gasteiger partial charge in [-0.05, 0) is 43.7 Å². The average Bonchev–Trinajstić information content (AvgIpc) is 3.36. The lowest BCUT2D eigenvalue weighted by Gasteiger charge is -2.29. The van der Waals surface area contributed by atoms with Crippen LogP contribution in [0.25, 0.3) is 0 Å². The lowest BCUT2D eigenvalue weighted by molar-refractivity contribution is 0.0315. The normalized spacial score (nSPS) is 24.3. The molecule has 3 fully saturated rings. The minimum Gasteiger partial charge on any atom is -0.379 e. The van der Waals surface area contributed by atoms with E-state index in [9.17, 15) is 0 Å². The molecule has 1 saturated carbocycles. The summed E-state index contributed by atoms with van der Waals surface area (Å²) in [4.78, 5) is 10.1. The van der Waals surface area contributed by atoms with Crippen LogP contribution in [-0.2, 0) is 10.2 Å². The van der Waals surface area contributed by atoms with Crippen molar-refractivity contribution >= 4 is 45.9 Å². The topological polar surface area (TPSA) is 40.1 Å². The molecule has 0 amide bonds. The second kappa shape index (κ2) is 10.8. The zero-order valence-corrected chi connectivity index (χ0v) is 21.3. The number of rotatable bonds is 6. The van der Waals surface area contributed by atoms with Gasteiger partial charge in [0.15, 0.2) is 5.96 Å². The van der Waals surface area contributed by atoms with E-state index in [-0.39, 0.29) is 29.4 Å². The summed E-state index contributed by atoms with van der Waals surface area (Å²) in [5.74, 6) is 1.84. The number of nitrogens with one attached hydrogen (secondary N) is 1. The van der Waals surface area contributed by atoms with Gasteiger partial charge >= 0.3 is 0 Å². The number of hydrogen-bond acceptors (Lipinski definition) is 3. The van der Waals surface area contributed by atoms with Crippen molar-refractivity contribution < 1.29 is 4.74 Å². The van der Waals surface area contributed by atoms with Crippen LogP contribution < -0.4 is 5.32 Å². The first-order valence-corrected chi connectivity index (χ1v) is 11.6. The van der Waals surface area contributed by atoms with Crippen molar-refractivity contribution in [1.29, 1.82) is 0 Å². The monoisotopic (exact) mass is 576 g/mol. The van der Waals surface area contributed by atoms with E-state index in [4.69, 9.17) is 9.73 Å². The van der Waals surface area contributed by atoms with Gasteiger partial charge in [-0.15, -0.1) is 24.0 Å². The van der Waals surface area contributed by atoms with Gasteiger partial charge in [-0.1, -0.05) is 34.1 Å². The van der Waals surface area contributed by atoms with Gasteiger partial charge in [0.25, 0.3) is 0 Å². The molecule has 7 heteroatoms. The molecule has 1 unspecified atom stereocenters. The molecule has 0 radical (unpaired) electrons. The lowest BCUT2D eigenvalue weighted by Crippen LogP contribution is -2.42. The van der Waals surface area contributed by atoms with Crippen LogP contribution in [0.5, 0.6) is 0 Å². The van der Waals surface area contributed by atoms with E-state index in [1.165, 1.54) is 35.8 Å². The molecule has 0 aromatic heterocycles. The Morgan fingerprint density at radius 1 is 1.24 bits per heavy atom. The number of halogens is 2. The Labute approximate surface area is 200 Å². The summed E-state index contributed by atoms with van der Waals surface area (Å²) in [6.07, 6.45) is 3.73. The fourth-order valence-electron chi connectivity index (χ4n) is 4.53. The number of likely N-dealkylation sites (tertiary alicyclic amines) is 1.